The van der Waals surface area contributed by atoms with Gasteiger partial charge in [0, 0.05) is 42.3 Å². The molecule has 2 amide bonds. The number of carbonyl (C=O) groups excluding carboxylic acids is 2. The lowest BCUT2D eigenvalue weighted by atomic mass is 10.1. The molecule has 136 valence electrons. The zero-order chi connectivity index (χ0) is 18.8. The van der Waals surface area contributed by atoms with Gasteiger partial charge in [0.25, 0.3) is 11.8 Å². The highest BCUT2D eigenvalue weighted by molar-refractivity contribution is 6.30. The lowest BCUT2D eigenvalue weighted by Crippen LogP contribution is -2.50. The van der Waals surface area contributed by atoms with Crippen LogP contribution < -0.4 is 0 Å². The maximum atomic E-state index is 12.5. The molecule has 0 unspecified atom stereocenters. The molecular weight excluding hydrogens is 360 g/mol. The Labute approximate surface area is 154 Å². The lowest BCUT2D eigenvalue weighted by molar-refractivity contribution is 0.0535. The average Bonchev–Trinajstić information content (AvgIpc) is 2.65. The smallest absolute Gasteiger partial charge is 0.254 e. The molecule has 1 heterocycles. The quantitative estimate of drug-likeness (QED) is 0.696. The first-order chi connectivity index (χ1) is 12.4. The molecule has 0 aromatic heterocycles. The van der Waals surface area contributed by atoms with Crippen molar-refractivity contribution in [3.63, 3.8) is 0 Å². The second-order valence-corrected chi connectivity index (χ2v) is 6.39. The number of phenols is 3. The van der Waals surface area contributed by atoms with Gasteiger partial charge < -0.3 is 25.1 Å². The number of amides is 2. The Morgan fingerprint density at radius 3 is 1.65 bits per heavy atom. The summed E-state index contributed by atoms with van der Waals surface area (Å²) in [5.41, 5.74) is 0.595. The van der Waals surface area contributed by atoms with E-state index >= 15 is 0 Å². The Bertz CT molecular complexity index is 822. The van der Waals surface area contributed by atoms with E-state index in [1.807, 2.05) is 0 Å². The van der Waals surface area contributed by atoms with Crippen LogP contribution in [0.3, 0.4) is 0 Å². The van der Waals surface area contributed by atoms with Gasteiger partial charge in [-0.15, -0.1) is 0 Å². The summed E-state index contributed by atoms with van der Waals surface area (Å²) in [6.45, 7) is 1.37. The van der Waals surface area contributed by atoms with Crippen LogP contribution in [0.25, 0.3) is 0 Å². The molecule has 8 heteroatoms. The number of aromatic hydroxyl groups is 3. The van der Waals surface area contributed by atoms with E-state index in [0.29, 0.717) is 36.8 Å². The fourth-order valence-corrected chi connectivity index (χ4v) is 2.92. The number of carbonyl (C=O) groups is 2. The molecule has 1 saturated heterocycles. The van der Waals surface area contributed by atoms with Crippen molar-refractivity contribution < 1.29 is 24.9 Å². The fraction of sp³-hybridized carbons (Fsp3) is 0.222. The molecule has 3 rings (SSSR count). The summed E-state index contributed by atoms with van der Waals surface area (Å²) in [6.07, 6.45) is 0. The number of hydrogen-bond donors (Lipinski definition) is 3. The van der Waals surface area contributed by atoms with Crippen LogP contribution >= 0.6 is 11.6 Å². The number of rotatable bonds is 2. The minimum atomic E-state index is -0.667. The summed E-state index contributed by atoms with van der Waals surface area (Å²) in [5, 5.41) is 29.0. The van der Waals surface area contributed by atoms with E-state index in [2.05, 4.69) is 0 Å². The second-order valence-electron chi connectivity index (χ2n) is 5.95. The monoisotopic (exact) mass is 376 g/mol. The Morgan fingerprint density at radius 1 is 0.769 bits per heavy atom. The molecule has 1 aliphatic rings. The maximum Gasteiger partial charge on any atom is 0.254 e. The highest BCUT2D eigenvalue weighted by Crippen LogP contribution is 2.35. The summed E-state index contributed by atoms with van der Waals surface area (Å²) in [6, 6.07) is 8.82. The molecule has 1 fully saturated rings. The Balaban J connectivity index is 1.65. The van der Waals surface area contributed by atoms with Crippen LogP contribution in [0.1, 0.15) is 20.7 Å². The van der Waals surface area contributed by atoms with Crippen LogP contribution in [0.15, 0.2) is 36.4 Å². The van der Waals surface area contributed by atoms with Crippen molar-refractivity contribution in [2.75, 3.05) is 26.2 Å². The third-order valence-electron chi connectivity index (χ3n) is 4.26. The fourth-order valence-electron chi connectivity index (χ4n) is 2.80. The zero-order valence-corrected chi connectivity index (χ0v) is 14.5. The van der Waals surface area contributed by atoms with Gasteiger partial charge in [-0.05, 0) is 36.4 Å². The van der Waals surface area contributed by atoms with Gasteiger partial charge in [0.1, 0.15) is 0 Å². The molecule has 0 saturated carbocycles. The average molecular weight is 377 g/mol. The van der Waals surface area contributed by atoms with Crippen LogP contribution in [-0.2, 0) is 0 Å². The highest BCUT2D eigenvalue weighted by Gasteiger charge is 2.26. The first kappa shape index (κ1) is 17.9. The van der Waals surface area contributed by atoms with Gasteiger partial charge in [-0.1, -0.05) is 11.6 Å². The highest BCUT2D eigenvalue weighted by atomic mass is 35.5. The molecule has 2 aromatic carbocycles. The molecule has 0 radical (unpaired) electrons. The van der Waals surface area contributed by atoms with Gasteiger partial charge in [-0.3, -0.25) is 9.59 Å². The van der Waals surface area contributed by atoms with Crippen LogP contribution in [0, 0.1) is 0 Å². The van der Waals surface area contributed by atoms with Gasteiger partial charge in [0.05, 0.1) is 0 Å². The van der Waals surface area contributed by atoms with Crippen molar-refractivity contribution in [3.8, 4) is 17.2 Å². The normalized spacial score (nSPS) is 14.3. The molecule has 2 aromatic rings. The number of hydrogen-bond acceptors (Lipinski definition) is 5. The molecule has 7 nitrogen and oxygen atoms in total. The van der Waals surface area contributed by atoms with Crippen LogP contribution in [0.4, 0.5) is 0 Å². The zero-order valence-electron chi connectivity index (χ0n) is 13.7. The third kappa shape index (κ3) is 3.52. The number of phenolic OH excluding ortho intramolecular Hbond substituents is 3. The predicted molar refractivity (Wildman–Crippen MR) is 94.7 cm³/mol. The summed E-state index contributed by atoms with van der Waals surface area (Å²) < 4.78 is 0. The Hall–Kier alpha value is -2.93. The largest absolute Gasteiger partial charge is 0.504 e. The Morgan fingerprint density at radius 2 is 1.19 bits per heavy atom. The molecule has 0 aliphatic carbocycles. The van der Waals surface area contributed by atoms with Crippen molar-refractivity contribution in [1.29, 1.82) is 0 Å². The molecule has 3 N–H and O–H groups in total. The van der Waals surface area contributed by atoms with Gasteiger partial charge in [-0.25, -0.2) is 0 Å². The van der Waals surface area contributed by atoms with Crippen molar-refractivity contribution >= 4 is 23.4 Å². The minimum Gasteiger partial charge on any atom is -0.504 e. The molecule has 26 heavy (non-hydrogen) atoms. The summed E-state index contributed by atoms with van der Waals surface area (Å²) in [5.74, 6) is -2.32. The van der Waals surface area contributed by atoms with Gasteiger partial charge in [0.2, 0.25) is 0 Å². The number of piperazine rings is 1. The maximum absolute atomic E-state index is 12.5. The molecule has 1 aliphatic heterocycles. The Kier molecular flexibility index (Phi) is 4.90. The van der Waals surface area contributed by atoms with Gasteiger partial charge in [0.15, 0.2) is 17.2 Å². The topological polar surface area (TPSA) is 101 Å². The number of nitrogens with zero attached hydrogens (tertiary/aromatic N) is 2. The molecule has 0 bridgehead atoms. The van der Waals surface area contributed by atoms with E-state index in [9.17, 15) is 24.9 Å². The standard InChI is InChI=1S/C18H17ClN2O5/c19-13-3-1-11(2-4-13)17(25)20-5-7-21(8-6-20)18(26)12-9-14(22)16(24)15(23)10-12/h1-4,9-10,22-24H,5-8H2. The predicted octanol–water partition coefficient (Wildman–Crippen LogP) is 2.05. The number of benzene rings is 2. The van der Waals surface area contributed by atoms with E-state index in [0.717, 1.165) is 12.1 Å². The van der Waals surface area contributed by atoms with Crippen LogP contribution in [-0.4, -0.2) is 63.1 Å². The molecule has 0 spiro atoms. The van der Waals surface area contributed by atoms with Gasteiger partial charge in [-0.2, -0.15) is 0 Å². The van der Waals surface area contributed by atoms with Crippen molar-refractivity contribution in [3.05, 3.63) is 52.5 Å². The third-order valence-corrected chi connectivity index (χ3v) is 4.51. The molecule has 0 atom stereocenters. The van der Waals surface area contributed by atoms with E-state index in [1.54, 1.807) is 29.2 Å². The van der Waals surface area contributed by atoms with Gasteiger partial charge >= 0.3 is 0 Å². The van der Waals surface area contributed by atoms with E-state index in [1.165, 1.54) is 4.90 Å². The van der Waals surface area contributed by atoms with Crippen LogP contribution in [0.2, 0.25) is 5.02 Å². The summed E-state index contributed by atoms with van der Waals surface area (Å²) in [4.78, 5) is 28.1. The van der Waals surface area contributed by atoms with Crippen molar-refractivity contribution in [2.24, 2.45) is 0 Å². The lowest BCUT2D eigenvalue weighted by Gasteiger charge is -2.35. The first-order valence-corrected chi connectivity index (χ1v) is 8.33. The van der Waals surface area contributed by atoms with E-state index < -0.39 is 23.2 Å². The SMILES string of the molecule is O=C(c1ccc(Cl)cc1)N1CCN(C(=O)c2cc(O)c(O)c(O)c2)CC1. The minimum absolute atomic E-state index is 0.0651. The van der Waals surface area contributed by atoms with Crippen LogP contribution in [0.5, 0.6) is 17.2 Å². The summed E-state index contributed by atoms with van der Waals surface area (Å²) >= 11 is 5.83. The summed E-state index contributed by atoms with van der Waals surface area (Å²) in [7, 11) is 0. The van der Waals surface area contributed by atoms with Crippen molar-refractivity contribution in [1.82, 2.24) is 9.80 Å². The van der Waals surface area contributed by atoms with E-state index in [4.69, 9.17) is 11.6 Å². The van der Waals surface area contributed by atoms with E-state index in [-0.39, 0.29) is 11.5 Å². The van der Waals surface area contributed by atoms with Crippen molar-refractivity contribution in [2.45, 2.75) is 0 Å². The second kappa shape index (κ2) is 7.13. The molecular formula is C18H17ClN2O5. The first-order valence-electron chi connectivity index (χ1n) is 7.96. The number of halogens is 1.